The Morgan fingerprint density at radius 1 is 0.923 bits per heavy atom. The zero-order valence-electron chi connectivity index (χ0n) is 15.3. The van der Waals surface area contributed by atoms with Crippen molar-refractivity contribution in [3.8, 4) is 0 Å². The van der Waals surface area contributed by atoms with Gasteiger partial charge in [0.1, 0.15) is 0 Å². The first-order valence-corrected chi connectivity index (χ1v) is 9.71. The van der Waals surface area contributed by atoms with Crippen molar-refractivity contribution < 1.29 is 4.79 Å². The summed E-state index contributed by atoms with van der Waals surface area (Å²) in [6, 6.07) is 14.6. The van der Waals surface area contributed by atoms with Gasteiger partial charge in [0.05, 0.1) is 0 Å². The van der Waals surface area contributed by atoms with Crippen molar-refractivity contribution >= 4 is 5.91 Å². The fourth-order valence-electron chi connectivity index (χ4n) is 4.56. The first kappa shape index (κ1) is 17.2. The molecule has 1 aromatic carbocycles. The van der Waals surface area contributed by atoms with Crippen molar-refractivity contribution in [1.29, 1.82) is 0 Å². The quantitative estimate of drug-likeness (QED) is 0.846. The number of pyridine rings is 1. The third kappa shape index (κ3) is 3.65. The van der Waals surface area contributed by atoms with Crippen molar-refractivity contribution in [3.05, 3.63) is 66.0 Å². The summed E-state index contributed by atoms with van der Waals surface area (Å²) in [7, 11) is 0. The Hall–Kier alpha value is -2.20. The topological polar surface area (TPSA) is 36.4 Å². The van der Waals surface area contributed by atoms with Crippen LogP contribution in [0.3, 0.4) is 0 Å². The van der Waals surface area contributed by atoms with Crippen molar-refractivity contribution in [2.75, 3.05) is 13.1 Å². The van der Waals surface area contributed by atoms with Crippen LogP contribution in [-0.4, -0.2) is 39.3 Å². The van der Waals surface area contributed by atoms with Crippen molar-refractivity contribution in [3.63, 3.8) is 0 Å². The second-order valence-corrected chi connectivity index (χ2v) is 7.68. The molecule has 2 aromatic rings. The minimum Gasteiger partial charge on any atom is -0.333 e. The van der Waals surface area contributed by atoms with E-state index in [-0.39, 0.29) is 5.54 Å². The number of rotatable bonds is 4. The van der Waals surface area contributed by atoms with Crippen LogP contribution in [0.2, 0.25) is 0 Å². The Morgan fingerprint density at radius 3 is 2.58 bits per heavy atom. The molecule has 136 valence electrons. The van der Waals surface area contributed by atoms with Gasteiger partial charge in [0.25, 0.3) is 0 Å². The van der Waals surface area contributed by atoms with Gasteiger partial charge in [0.15, 0.2) is 0 Å². The smallest absolute Gasteiger partial charge is 0.223 e. The molecular formula is C22H27N3O. The van der Waals surface area contributed by atoms with Crippen LogP contribution in [0.5, 0.6) is 0 Å². The molecule has 1 spiro atoms. The van der Waals surface area contributed by atoms with Gasteiger partial charge >= 0.3 is 0 Å². The molecule has 2 aliphatic rings. The highest BCUT2D eigenvalue weighted by atomic mass is 16.2. The summed E-state index contributed by atoms with van der Waals surface area (Å²) in [4.78, 5) is 21.6. The lowest BCUT2D eigenvalue weighted by Crippen LogP contribution is -2.45. The predicted octanol–water partition coefficient (Wildman–Crippen LogP) is 3.63. The Morgan fingerprint density at radius 2 is 1.77 bits per heavy atom. The van der Waals surface area contributed by atoms with E-state index in [1.54, 1.807) is 0 Å². The van der Waals surface area contributed by atoms with Crippen LogP contribution in [0.4, 0.5) is 0 Å². The maximum atomic E-state index is 12.6. The zero-order chi connectivity index (χ0) is 17.8. The molecule has 26 heavy (non-hydrogen) atoms. The third-order valence-corrected chi connectivity index (χ3v) is 6.00. The van der Waals surface area contributed by atoms with E-state index in [1.165, 1.54) is 11.1 Å². The standard InChI is InChI=1S/C22H27N3O/c26-21-9-11-22(25(21)18-19-6-2-1-3-7-19)10-5-14-24(15-12-22)17-20-8-4-13-23-16-20/h1-4,6-8,13,16H,5,9-12,14-15,17-18H2. The monoisotopic (exact) mass is 349 g/mol. The van der Waals surface area contributed by atoms with Gasteiger partial charge < -0.3 is 4.90 Å². The van der Waals surface area contributed by atoms with E-state index in [0.29, 0.717) is 12.3 Å². The molecule has 2 saturated heterocycles. The number of carbonyl (C=O) groups excluding carboxylic acids is 1. The highest BCUT2D eigenvalue weighted by molar-refractivity contribution is 5.79. The molecule has 0 saturated carbocycles. The summed E-state index contributed by atoms with van der Waals surface area (Å²) in [5.41, 5.74) is 2.56. The number of benzene rings is 1. The van der Waals surface area contributed by atoms with E-state index in [2.05, 4.69) is 45.1 Å². The predicted molar refractivity (Wildman–Crippen MR) is 102 cm³/mol. The van der Waals surface area contributed by atoms with Crippen LogP contribution in [0.15, 0.2) is 54.9 Å². The van der Waals surface area contributed by atoms with Gasteiger partial charge in [0, 0.05) is 44.0 Å². The van der Waals surface area contributed by atoms with Crippen molar-refractivity contribution in [2.24, 2.45) is 0 Å². The molecule has 0 bridgehead atoms. The first-order valence-electron chi connectivity index (χ1n) is 9.71. The Balaban J connectivity index is 1.46. The second kappa shape index (κ2) is 7.58. The van der Waals surface area contributed by atoms with Crippen LogP contribution < -0.4 is 0 Å². The largest absolute Gasteiger partial charge is 0.333 e. The van der Waals surface area contributed by atoms with Crippen molar-refractivity contribution in [1.82, 2.24) is 14.8 Å². The summed E-state index contributed by atoms with van der Waals surface area (Å²) >= 11 is 0. The minimum atomic E-state index is 0.0522. The molecule has 1 amide bonds. The molecule has 0 radical (unpaired) electrons. The van der Waals surface area contributed by atoms with Crippen LogP contribution in [0.25, 0.3) is 0 Å². The minimum absolute atomic E-state index is 0.0522. The van der Waals surface area contributed by atoms with Crippen LogP contribution >= 0.6 is 0 Å². The average Bonchev–Trinajstić information content (AvgIpc) is 2.85. The molecule has 2 fully saturated rings. The van der Waals surface area contributed by atoms with E-state index < -0.39 is 0 Å². The average molecular weight is 349 g/mol. The number of amides is 1. The molecule has 4 rings (SSSR count). The van der Waals surface area contributed by atoms with Gasteiger partial charge in [-0.3, -0.25) is 14.7 Å². The molecule has 4 nitrogen and oxygen atoms in total. The number of hydrogen-bond acceptors (Lipinski definition) is 3. The number of nitrogens with zero attached hydrogens (tertiary/aromatic N) is 3. The van der Waals surface area contributed by atoms with E-state index in [9.17, 15) is 4.79 Å². The summed E-state index contributed by atoms with van der Waals surface area (Å²) in [5.74, 6) is 0.328. The van der Waals surface area contributed by atoms with E-state index in [0.717, 1.165) is 51.9 Å². The molecule has 4 heteroatoms. The van der Waals surface area contributed by atoms with Crippen LogP contribution in [-0.2, 0) is 17.9 Å². The molecular weight excluding hydrogens is 322 g/mol. The lowest BCUT2D eigenvalue weighted by Gasteiger charge is -2.38. The summed E-state index contributed by atoms with van der Waals surface area (Å²) < 4.78 is 0. The fourth-order valence-corrected chi connectivity index (χ4v) is 4.56. The Kier molecular flexibility index (Phi) is 5.02. The van der Waals surface area contributed by atoms with Gasteiger partial charge in [-0.05, 0) is 49.4 Å². The van der Waals surface area contributed by atoms with Gasteiger partial charge in [-0.15, -0.1) is 0 Å². The van der Waals surface area contributed by atoms with E-state index >= 15 is 0 Å². The number of likely N-dealkylation sites (tertiary alicyclic amines) is 2. The maximum absolute atomic E-state index is 12.6. The molecule has 0 aliphatic carbocycles. The van der Waals surface area contributed by atoms with Gasteiger partial charge in [-0.1, -0.05) is 36.4 Å². The molecule has 0 N–H and O–H groups in total. The number of aromatic nitrogens is 1. The summed E-state index contributed by atoms with van der Waals surface area (Å²) in [6.45, 7) is 3.86. The SMILES string of the molecule is O=C1CCC2(CCCN(Cc3cccnc3)CC2)N1Cc1ccccc1. The number of hydrogen-bond donors (Lipinski definition) is 0. The van der Waals surface area contributed by atoms with E-state index in [1.807, 2.05) is 24.5 Å². The normalized spacial score (nSPS) is 24.2. The van der Waals surface area contributed by atoms with Gasteiger partial charge in [-0.25, -0.2) is 0 Å². The van der Waals surface area contributed by atoms with Gasteiger partial charge in [-0.2, -0.15) is 0 Å². The maximum Gasteiger partial charge on any atom is 0.223 e. The fraction of sp³-hybridized carbons (Fsp3) is 0.455. The van der Waals surface area contributed by atoms with Crippen LogP contribution in [0.1, 0.15) is 43.2 Å². The lowest BCUT2D eigenvalue weighted by atomic mass is 9.87. The van der Waals surface area contributed by atoms with E-state index in [4.69, 9.17) is 0 Å². The van der Waals surface area contributed by atoms with Crippen molar-refractivity contribution in [2.45, 2.75) is 50.7 Å². The Labute approximate surface area is 155 Å². The third-order valence-electron chi connectivity index (χ3n) is 6.00. The molecule has 1 unspecified atom stereocenters. The molecule has 2 aliphatic heterocycles. The first-order chi connectivity index (χ1) is 12.8. The Bertz CT molecular complexity index is 734. The van der Waals surface area contributed by atoms with Crippen LogP contribution in [0, 0.1) is 0 Å². The zero-order valence-corrected chi connectivity index (χ0v) is 15.3. The molecule has 1 aromatic heterocycles. The second-order valence-electron chi connectivity index (χ2n) is 7.68. The summed E-state index contributed by atoms with van der Waals surface area (Å²) in [6.07, 6.45) is 8.85. The summed E-state index contributed by atoms with van der Waals surface area (Å²) in [5, 5.41) is 0. The molecule has 3 heterocycles. The number of carbonyl (C=O) groups is 1. The highest BCUT2D eigenvalue weighted by Crippen LogP contribution is 2.40. The molecule has 1 atom stereocenters. The van der Waals surface area contributed by atoms with Gasteiger partial charge in [0.2, 0.25) is 5.91 Å². The highest BCUT2D eigenvalue weighted by Gasteiger charge is 2.45. The lowest BCUT2D eigenvalue weighted by molar-refractivity contribution is -0.132.